The second-order valence-electron chi connectivity index (χ2n) is 5.17. The fourth-order valence-corrected chi connectivity index (χ4v) is 3.05. The zero-order valence-electron chi connectivity index (χ0n) is 12.6. The maximum absolute atomic E-state index is 13.8. The molecule has 24 heavy (non-hydrogen) atoms. The van der Waals surface area contributed by atoms with Crippen molar-refractivity contribution in [2.24, 2.45) is 0 Å². The molecule has 0 radical (unpaired) electrons. The van der Waals surface area contributed by atoms with Gasteiger partial charge in [0.05, 0.1) is 5.02 Å². The Labute approximate surface area is 147 Å². The lowest BCUT2D eigenvalue weighted by Gasteiger charge is -2.12. The maximum Gasteiger partial charge on any atom is 0.159 e. The first kappa shape index (κ1) is 16.9. The normalized spacial score (nSPS) is 10.9. The molecule has 3 rings (SSSR count). The van der Waals surface area contributed by atoms with Gasteiger partial charge in [0.25, 0.3) is 0 Å². The van der Waals surface area contributed by atoms with E-state index in [4.69, 9.17) is 11.6 Å². The summed E-state index contributed by atoms with van der Waals surface area (Å²) >= 11 is 7.42. The van der Waals surface area contributed by atoms with Crippen molar-refractivity contribution in [3.05, 3.63) is 77.1 Å². The molecule has 0 bridgehead atoms. The SMILES string of the molecule is CSc1ccc(-c2cc(F)c(F)cc2-c2ccc(F)c(Cl)c2)cc1. The van der Waals surface area contributed by atoms with Crippen LogP contribution in [-0.2, 0) is 0 Å². The van der Waals surface area contributed by atoms with Crippen molar-refractivity contribution in [1.29, 1.82) is 0 Å². The molecule has 3 aromatic carbocycles. The molecule has 0 atom stereocenters. The van der Waals surface area contributed by atoms with E-state index in [0.717, 1.165) is 22.6 Å². The Bertz CT molecular complexity index is 892. The number of rotatable bonds is 3. The first-order valence-electron chi connectivity index (χ1n) is 7.08. The highest BCUT2D eigenvalue weighted by molar-refractivity contribution is 7.98. The second kappa shape index (κ2) is 6.91. The number of halogens is 4. The molecule has 0 aliphatic carbocycles. The zero-order valence-corrected chi connectivity index (χ0v) is 14.2. The van der Waals surface area contributed by atoms with Gasteiger partial charge in [-0.1, -0.05) is 29.8 Å². The van der Waals surface area contributed by atoms with Crippen LogP contribution in [0.25, 0.3) is 22.3 Å². The summed E-state index contributed by atoms with van der Waals surface area (Å²) in [5.74, 6) is -2.46. The standard InChI is InChI=1S/C19H12ClF3S/c1-24-13-5-2-11(3-6-13)14-9-18(22)19(23)10-15(14)12-4-7-17(21)16(20)8-12/h2-10H,1H3. The van der Waals surface area contributed by atoms with Gasteiger partial charge in [-0.3, -0.25) is 0 Å². The summed E-state index contributed by atoms with van der Waals surface area (Å²) < 4.78 is 41.0. The van der Waals surface area contributed by atoms with Gasteiger partial charge in [-0.2, -0.15) is 0 Å². The minimum absolute atomic E-state index is 0.0686. The van der Waals surface area contributed by atoms with E-state index >= 15 is 0 Å². The third-order valence-electron chi connectivity index (χ3n) is 3.69. The average molecular weight is 365 g/mol. The van der Waals surface area contributed by atoms with Crippen molar-refractivity contribution >= 4 is 23.4 Å². The van der Waals surface area contributed by atoms with Gasteiger partial charge in [-0.15, -0.1) is 11.8 Å². The number of hydrogen-bond donors (Lipinski definition) is 0. The Kier molecular flexibility index (Phi) is 4.88. The molecule has 0 saturated carbocycles. The van der Waals surface area contributed by atoms with Crippen molar-refractivity contribution in [1.82, 2.24) is 0 Å². The first-order valence-corrected chi connectivity index (χ1v) is 8.69. The van der Waals surface area contributed by atoms with E-state index in [0.29, 0.717) is 16.7 Å². The van der Waals surface area contributed by atoms with Crippen LogP contribution in [-0.4, -0.2) is 6.26 Å². The molecule has 122 valence electrons. The Hall–Kier alpha value is -1.91. The van der Waals surface area contributed by atoms with Gasteiger partial charge in [0.15, 0.2) is 11.6 Å². The number of benzene rings is 3. The summed E-state index contributed by atoms with van der Waals surface area (Å²) in [4.78, 5) is 1.06. The largest absolute Gasteiger partial charge is 0.205 e. The molecule has 0 fully saturated rings. The molecule has 0 aromatic heterocycles. The molecule has 0 aliphatic rings. The van der Waals surface area contributed by atoms with Crippen LogP contribution in [0, 0.1) is 17.5 Å². The Morgan fingerprint density at radius 3 is 1.79 bits per heavy atom. The van der Waals surface area contributed by atoms with Crippen LogP contribution in [0.1, 0.15) is 0 Å². The summed E-state index contributed by atoms with van der Waals surface area (Å²) in [6.45, 7) is 0. The third kappa shape index (κ3) is 3.30. The van der Waals surface area contributed by atoms with Crippen LogP contribution in [0.15, 0.2) is 59.5 Å². The fraction of sp³-hybridized carbons (Fsp3) is 0.0526. The predicted octanol–water partition coefficient (Wildman–Crippen LogP) is 6.81. The zero-order chi connectivity index (χ0) is 17.3. The minimum atomic E-state index is -0.963. The summed E-state index contributed by atoms with van der Waals surface area (Å²) in [7, 11) is 0. The van der Waals surface area contributed by atoms with Crippen molar-refractivity contribution in [3.63, 3.8) is 0 Å². The van der Waals surface area contributed by atoms with Crippen molar-refractivity contribution in [2.45, 2.75) is 4.90 Å². The molecule has 0 nitrogen and oxygen atoms in total. The van der Waals surface area contributed by atoms with Crippen LogP contribution in [0.3, 0.4) is 0 Å². The summed E-state index contributed by atoms with van der Waals surface area (Å²) in [5.41, 5.74) is 2.23. The van der Waals surface area contributed by atoms with Crippen LogP contribution in [0.5, 0.6) is 0 Å². The summed E-state index contributed by atoms with van der Waals surface area (Å²) in [5, 5.41) is -0.0686. The molecule has 0 spiro atoms. The van der Waals surface area contributed by atoms with Gasteiger partial charge >= 0.3 is 0 Å². The lowest BCUT2D eigenvalue weighted by atomic mass is 9.94. The van der Waals surface area contributed by atoms with Crippen LogP contribution in [0.4, 0.5) is 13.2 Å². The first-order chi connectivity index (χ1) is 11.5. The molecular weight excluding hydrogens is 353 g/mol. The van der Waals surface area contributed by atoms with Crippen LogP contribution in [0.2, 0.25) is 5.02 Å². The predicted molar refractivity (Wildman–Crippen MR) is 94.0 cm³/mol. The highest BCUT2D eigenvalue weighted by Gasteiger charge is 2.14. The van der Waals surface area contributed by atoms with Gasteiger partial charge in [0.1, 0.15) is 5.82 Å². The summed E-state index contributed by atoms with van der Waals surface area (Å²) in [6.07, 6.45) is 1.96. The minimum Gasteiger partial charge on any atom is -0.205 e. The van der Waals surface area contributed by atoms with E-state index in [1.165, 1.54) is 18.2 Å². The number of hydrogen-bond acceptors (Lipinski definition) is 1. The monoisotopic (exact) mass is 364 g/mol. The van der Waals surface area contributed by atoms with Crippen LogP contribution >= 0.6 is 23.4 Å². The molecule has 0 N–H and O–H groups in total. The van der Waals surface area contributed by atoms with Gasteiger partial charge in [0, 0.05) is 4.90 Å². The van der Waals surface area contributed by atoms with Gasteiger partial charge in [-0.05, 0) is 64.9 Å². The molecule has 0 saturated heterocycles. The quantitative estimate of drug-likeness (QED) is 0.460. The summed E-state index contributed by atoms with van der Waals surface area (Å²) in [6, 6.07) is 13.9. The Morgan fingerprint density at radius 1 is 0.708 bits per heavy atom. The third-order valence-corrected chi connectivity index (χ3v) is 4.73. The fourth-order valence-electron chi connectivity index (χ4n) is 2.46. The highest BCUT2D eigenvalue weighted by atomic mass is 35.5. The second-order valence-corrected chi connectivity index (χ2v) is 6.46. The Balaban J connectivity index is 2.20. The smallest absolute Gasteiger partial charge is 0.159 e. The molecular formula is C19H12ClF3S. The van der Waals surface area contributed by atoms with E-state index in [2.05, 4.69) is 0 Å². The number of thioether (sulfide) groups is 1. The topological polar surface area (TPSA) is 0 Å². The molecule has 5 heteroatoms. The lowest BCUT2D eigenvalue weighted by Crippen LogP contribution is -1.92. The van der Waals surface area contributed by atoms with Gasteiger partial charge in [-0.25, -0.2) is 13.2 Å². The van der Waals surface area contributed by atoms with E-state index in [-0.39, 0.29) is 5.02 Å². The molecule has 0 aliphatic heterocycles. The van der Waals surface area contributed by atoms with Gasteiger partial charge in [0.2, 0.25) is 0 Å². The van der Waals surface area contributed by atoms with Crippen molar-refractivity contribution < 1.29 is 13.2 Å². The average Bonchev–Trinajstić information content (AvgIpc) is 2.59. The molecule has 0 amide bonds. The Morgan fingerprint density at radius 2 is 1.25 bits per heavy atom. The van der Waals surface area contributed by atoms with E-state index in [1.807, 2.05) is 30.5 Å². The van der Waals surface area contributed by atoms with E-state index in [9.17, 15) is 13.2 Å². The molecule has 0 heterocycles. The van der Waals surface area contributed by atoms with E-state index in [1.54, 1.807) is 11.8 Å². The highest BCUT2D eigenvalue weighted by Crippen LogP contribution is 2.36. The molecule has 0 unspecified atom stereocenters. The maximum atomic E-state index is 13.8. The lowest BCUT2D eigenvalue weighted by molar-refractivity contribution is 0.509. The van der Waals surface area contributed by atoms with Crippen molar-refractivity contribution in [2.75, 3.05) is 6.26 Å². The van der Waals surface area contributed by atoms with Crippen molar-refractivity contribution in [3.8, 4) is 22.3 Å². The molecule has 3 aromatic rings. The van der Waals surface area contributed by atoms with E-state index < -0.39 is 17.5 Å². The van der Waals surface area contributed by atoms with Gasteiger partial charge < -0.3 is 0 Å². The van der Waals surface area contributed by atoms with Crippen LogP contribution < -0.4 is 0 Å².